The molecule has 0 aromatic carbocycles. The first-order valence-electron chi connectivity index (χ1n) is 11.4. The van der Waals surface area contributed by atoms with Crippen molar-refractivity contribution in [1.82, 2.24) is 30.0 Å². The monoisotopic (exact) mass is 440 g/mol. The maximum atomic E-state index is 12.9. The highest BCUT2D eigenvalue weighted by Gasteiger charge is 2.40. The Morgan fingerprint density at radius 3 is 2.84 bits per heavy atom. The highest BCUT2D eigenvalue weighted by atomic mass is 16.5. The lowest BCUT2D eigenvalue weighted by molar-refractivity contribution is 0.0459. The van der Waals surface area contributed by atoms with Gasteiger partial charge in [-0.3, -0.25) is 15.1 Å². The Balaban J connectivity index is 1.28. The van der Waals surface area contributed by atoms with Gasteiger partial charge in [0.25, 0.3) is 0 Å². The van der Waals surface area contributed by atoms with E-state index < -0.39 is 0 Å². The van der Waals surface area contributed by atoms with Crippen molar-refractivity contribution in [2.24, 2.45) is 16.8 Å². The molecule has 1 aromatic heterocycles. The maximum absolute atomic E-state index is 12.9. The molecule has 32 heavy (non-hydrogen) atoms. The fraction of sp³-hybridized carbons (Fsp3) is 0.636. The van der Waals surface area contributed by atoms with Crippen molar-refractivity contribution in [2.75, 3.05) is 52.0 Å². The van der Waals surface area contributed by atoms with Crippen LogP contribution in [0, 0.1) is 11.8 Å². The second-order valence-corrected chi connectivity index (χ2v) is 9.36. The second kappa shape index (κ2) is 8.67. The molecule has 4 aliphatic rings. The predicted octanol–water partition coefficient (Wildman–Crippen LogP) is 1.29. The van der Waals surface area contributed by atoms with Gasteiger partial charge in [0.15, 0.2) is 5.82 Å². The molecule has 2 fully saturated rings. The minimum atomic E-state index is -0.0760. The number of hydrogen-bond donors (Lipinski definition) is 1. The summed E-state index contributed by atoms with van der Waals surface area (Å²) in [7, 11) is 3.89. The van der Waals surface area contributed by atoms with Crippen LogP contribution in [0.25, 0.3) is 0 Å². The Hall–Kier alpha value is -2.72. The summed E-state index contributed by atoms with van der Waals surface area (Å²) in [6.07, 6.45) is 5.84. The molecule has 5 heterocycles. The molecule has 2 atom stereocenters. The number of ether oxygens (including phenoxy) is 1. The summed E-state index contributed by atoms with van der Waals surface area (Å²) in [5.41, 5.74) is 1.00. The van der Waals surface area contributed by atoms with Gasteiger partial charge >= 0.3 is 6.03 Å². The van der Waals surface area contributed by atoms with E-state index in [0.717, 1.165) is 69.0 Å². The second-order valence-electron chi connectivity index (χ2n) is 9.36. The molecular weight excluding hydrogens is 408 g/mol. The van der Waals surface area contributed by atoms with E-state index in [1.54, 1.807) is 4.90 Å². The number of urea groups is 1. The van der Waals surface area contributed by atoms with E-state index in [1.807, 2.05) is 31.3 Å². The van der Waals surface area contributed by atoms with Gasteiger partial charge in [0.05, 0.1) is 5.69 Å². The third-order valence-electron chi connectivity index (χ3n) is 6.76. The third-order valence-corrected chi connectivity index (χ3v) is 6.76. The molecule has 0 aliphatic carbocycles. The van der Waals surface area contributed by atoms with Crippen LogP contribution in [-0.2, 0) is 11.3 Å². The number of amides is 2. The van der Waals surface area contributed by atoms with E-state index in [0.29, 0.717) is 18.6 Å². The molecule has 10 heteroatoms. The van der Waals surface area contributed by atoms with E-state index in [2.05, 4.69) is 38.2 Å². The molecule has 1 N–H and O–H groups in total. The van der Waals surface area contributed by atoms with E-state index in [-0.39, 0.29) is 11.9 Å². The normalized spacial score (nSPS) is 26.7. The number of anilines is 1. The zero-order valence-electron chi connectivity index (χ0n) is 19.1. The molecule has 172 valence electrons. The van der Waals surface area contributed by atoms with Gasteiger partial charge in [-0.15, -0.1) is 0 Å². The fourth-order valence-corrected chi connectivity index (χ4v) is 4.96. The van der Waals surface area contributed by atoms with Crippen LogP contribution in [0.3, 0.4) is 0 Å². The zero-order valence-corrected chi connectivity index (χ0v) is 19.1. The molecule has 10 nitrogen and oxygen atoms in total. The highest BCUT2D eigenvalue weighted by Crippen LogP contribution is 2.30. The van der Waals surface area contributed by atoms with Crippen molar-refractivity contribution >= 4 is 17.8 Å². The number of aliphatic imine (C=N–C) groups is 1. The number of amidine groups is 1. The Bertz CT molecular complexity index is 926. The summed E-state index contributed by atoms with van der Waals surface area (Å²) in [4.78, 5) is 35.0. The predicted molar refractivity (Wildman–Crippen MR) is 121 cm³/mol. The molecule has 5 rings (SSSR count). The lowest BCUT2D eigenvalue weighted by atomic mass is 9.96. The molecule has 0 bridgehead atoms. The largest absolute Gasteiger partial charge is 0.381 e. The molecule has 0 saturated carbocycles. The summed E-state index contributed by atoms with van der Waals surface area (Å²) in [5.74, 6) is 2.85. The average molecular weight is 441 g/mol. The minimum absolute atomic E-state index is 0.0760. The number of carbonyl (C=O) groups excluding carboxylic acids is 1. The molecule has 0 spiro atoms. The number of rotatable bonds is 5. The lowest BCUT2D eigenvalue weighted by Gasteiger charge is -2.32. The van der Waals surface area contributed by atoms with Crippen LogP contribution in [0.5, 0.6) is 0 Å². The first-order chi connectivity index (χ1) is 15.5. The van der Waals surface area contributed by atoms with Crippen molar-refractivity contribution in [1.29, 1.82) is 0 Å². The van der Waals surface area contributed by atoms with Crippen LogP contribution in [0.4, 0.5) is 10.7 Å². The highest BCUT2D eigenvalue weighted by molar-refractivity contribution is 6.02. The van der Waals surface area contributed by atoms with Gasteiger partial charge in [-0.05, 0) is 24.8 Å². The molecule has 2 saturated heterocycles. The number of nitrogens with one attached hydrogen (secondary N) is 1. The molecule has 2 unspecified atom stereocenters. The third kappa shape index (κ3) is 4.16. The van der Waals surface area contributed by atoms with Gasteiger partial charge < -0.3 is 14.5 Å². The van der Waals surface area contributed by atoms with Gasteiger partial charge in [0.2, 0.25) is 5.95 Å². The van der Waals surface area contributed by atoms with Gasteiger partial charge in [-0.2, -0.15) is 0 Å². The number of carbonyl (C=O) groups is 1. The summed E-state index contributed by atoms with van der Waals surface area (Å²) in [6, 6.07) is 2.30. The van der Waals surface area contributed by atoms with Gasteiger partial charge in [-0.25, -0.2) is 19.8 Å². The van der Waals surface area contributed by atoms with Crippen LogP contribution >= 0.6 is 0 Å². The van der Waals surface area contributed by atoms with Crippen LogP contribution < -0.4 is 10.2 Å². The van der Waals surface area contributed by atoms with Crippen LogP contribution in [-0.4, -0.2) is 89.6 Å². The average Bonchev–Trinajstić information content (AvgIpc) is 3.38. The Morgan fingerprint density at radius 2 is 2.06 bits per heavy atom. The Morgan fingerprint density at radius 1 is 1.25 bits per heavy atom. The lowest BCUT2D eigenvalue weighted by Crippen LogP contribution is -2.50. The van der Waals surface area contributed by atoms with Crippen LogP contribution in [0.1, 0.15) is 25.5 Å². The molecule has 4 aliphatic heterocycles. The van der Waals surface area contributed by atoms with E-state index in [4.69, 9.17) is 9.73 Å². The molecule has 2 amide bonds. The first-order valence-corrected chi connectivity index (χ1v) is 11.4. The molecule has 0 radical (unpaired) electrons. The number of likely N-dealkylation sites (tertiary alicyclic amines) is 1. The summed E-state index contributed by atoms with van der Waals surface area (Å²) in [5, 5.41) is 3.08. The summed E-state index contributed by atoms with van der Waals surface area (Å²) in [6.45, 7) is 6.91. The van der Waals surface area contributed by atoms with Gasteiger partial charge in [0, 0.05) is 71.3 Å². The SMILES string of the molecule is CC1CN(Cc2ccnc(N(C)C)n2)CC1C1=NC2=CN(C3CCOCC3)CN2C(=O)N1. The standard InChI is InChI=1S/C22H32N8O2/c1-15-10-28(11-16-4-7-23-21(24-16)27(2)3)12-18(15)20-25-19-13-29(14-30(19)22(31)26-20)17-5-8-32-9-6-17/h4,7,13,15,17-18H,5-6,8-12,14H2,1-3H3,(H,25,26,31). The first kappa shape index (κ1) is 21.1. The fourth-order valence-electron chi connectivity index (χ4n) is 4.96. The van der Waals surface area contributed by atoms with Gasteiger partial charge in [0.1, 0.15) is 12.5 Å². The Kier molecular flexibility index (Phi) is 5.73. The number of fused-ring (bicyclic) bond motifs is 1. The summed E-state index contributed by atoms with van der Waals surface area (Å²) >= 11 is 0. The quantitative estimate of drug-likeness (QED) is 0.738. The number of hydrogen-bond acceptors (Lipinski definition) is 8. The van der Waals surface area contributed by atoms with E-state index >= 15 is 0 Å². The minimum Gasteiger partial charge on any atom is -0.381 e. The number of aromatic nitrogens is 2. The molecule has 1 aromatic rings. The van der Waals surface area contributed by atoms with Crippen LogP contribution in [0.15, 0.2) is 29.3 Å². The Labute approximate surface area is 188 Å². The van der Waals surface area contributed by atoms with Crippen molar-refractivity contribution in [3.8, 4) is 0 Å². The summed E-state index contributed by atoms with van der Waals surface area (Å²) < 4.78 is 5.48. The zero-order chi connectivity index (χ0) is 22.2. The topological polar surface area (TPSA) is 89.4 Å². The van der Waals surface area contributed by atoms with Crippen molar-refractivity contribution in [2.45, 2.75) is 32.4 Å². The van der Waals surface area contributed by atoms with Crippen molar-refractivity contribution in [3.05, 3.63) is 30.0 Å². The van der Waals surface area contributed by atoms with Gasteiger partial charge in [-0.1, -0.05) is 6.92 Å². The maximum Gasteiger partial charge on any atom is 0.329 e. The smallest absolute Gasteiger partial charge is 0.329 e. The van der Waals surface area contributed by atoms with Crippen molar-refractivity contribution < 1.29 is 9.53 Å². The molecular formula is C22H32N8O2. The van der Waals surface area contributed by atoms with E-state index in [1.165, 1.54) is 0 Å². The number of nitrogens with zero attached hydrogens (tertiary/aromatic N) is 7. The van der Waals surface area contributed by atoms with Crippen molar-refractivity contribution in [3.63, 3.8) is 0 Å². The van der Waals surface area contributed by atoms with E-state index in [9.17, 15) is 4.79 Å². The van der Waals surface area contributed by atoms with Crippen LogP contribution in [0.2, 0.25) is 0 Å².